The van der Waals surface area contributed by atoms with Gasteiger partial charge in [0.05, 0.1) is 19.3 Å². The molecular weight excluding hydrogens is 519 g/mol. The molecule has 3 aliphatic rings. The topological polar surface area (TPSA) is 65.5 Å². The fourth-order valence-corrected chi connectivity index (χ4v) is 4.57. The van der Waals surface area contributed by atoms with Crippen LogP contribution in [0, 0.1) is 0 Å². The fourth-order valence-electron chi connectivity index (χ4n) is 4.57. The van der Waals surface area contributed by atoms with E-state index < -0.39 is 0 Å². The molecule has 2 unspecified atom stereocenters. The van der Waals surface area contributed by atoms with Crippen molar-refractivity contribution in [2.45, 2.75) is 45.4 Å². The van der Waals surface area contributed by atoms with Gasteiger partial charge in [-0.1, -0.05) is 13.0 Å². The van der Waals surface area contributed by atoms with E-state index in [2.05, 4.69) is 46.0 Å². The molecule has 0 aromatic carbocycles. The number of aliphatic imine (C=N–C) groups is 1. The standard InChI is InChI=1S/C23H38N6O2.HI/c1-3-24-23(29-13-15-31-21(18-29)20-6-5-14-30-20)26-17-19-7-8-22(25-16-19)28-11-9-27(4-2)10-12-28;/h7-8,16,20-21H,3-6,9-15,17-18H2,1-2H3,(H,24,26);1H. The summed E-state index contributed by atoms with van der Waals surface area (Å²) in [6, 6.07) is 4.30. The van der Waals surface area contributed by atoms with Gasteiger partial charge in [-0.3, -0.25) is 0 Å². The summed E-state index contributed by atoms with van der Waals surface area (Å²) in [5, 5.41) is 3.45. The zero-order chi connectivity index (χ0) is 21.5. The van der Waals surface area contributed by atoms with E-state index >= 15 is 0 Å². The van der Waals surface area contributed by atoms with Crippen LogP contribution in [0.3, 0.4) is 0 Å². The molecule has 3 aliphatic heterocycles. The lowest BCUT2D eigenvalue weighted by molar-refractivity contribution is -0.0817. The number of rotatable bonds is 6. The number of piperazine rings is 1. The van der Waals surface area contributed by atoms with Crippen LogP contribution in [0.2, 0.25) is 0 Å². The van der Waals surface area contributed by atoms with Crippen LogP contribution in [0.25, 0.3) is 0 Å². The summed E-state index contributed by atoms with van der Waals surface area (Å²) in [7, 11) is 0. The van der Waals surface area contributed by atoms with E-state index in [0.29, 0.717) is 6.54 Å². The van der Waals surface area contributed by atoms with E-state index in [0.717, 1.165) is 95.8 Å². The van der Waals surface area contributed by atoms with Gasteiger partial charge < -0.3 is 29.5 Å². The molecule has 3 saturated heterocycles. The number of likely N-dealkylation sites (N-methyl/N-ethyl adjacent to an activating group) is 1. The zero-order valence-electron chi connectivity index (χ0n) is 19.5. The van der Waals surface area contributed by atoms with E-state index in [4.69, 9.17) is 19.5 Å². The van der Waals surface area contributed by atoms with Crippen molar-refractivity contribution >= 4 is 35.8 Å². The highest BCUT2D eigenvalue weighted by Gasteiger charge is 2.32. The number of hydrogen-bond donors (Lipinski definition) is 1. The van der Waals surface area contributed by atoms with Crippen LogP contribution in [-0.4, -0.2) is 98.5 Å². The summed E-state index contributed by atoms with van der Waals surface area (Å²) in [4.78, 5) is 16.8. The Balaban J connectivity index is 0.00000289. The Hall–Kier alpha value is -1.17. The number of aromatic nitrogens is 1. The quantitative estimate of drug-likeness (QED) is 0.326. The molecule has 4 rings (SSSR count). The monoisotopic (exact) mass is 558 g/mol. The van der Waals surface area contributed by atoms with Crippen LogP contribution in [0.4, 0.5) is 5.82 Å². The van der Waals surface area contributed by atoms with Gasteiger partial charge in [-0.25, -0.2) is 9.98 Å². The molecule has 1 aromatic rings. The van der Waals surface area contributed by atoms with Crippen LogP contribution in [0.5, 0.6) is 0 Å². The predicted octanol–water partition coefficient (Wildman–Crippen LogP) is 2.19. The van der Waals surface area contributed by atoms with E-state index in [9.17, 15) is 0 Å². The maximum Gasteiger partial charge on any atom is 0.194 e. The smallest absolute Gasteiger partial charge is 0.194 e. The Kier molecular flexibility index (Phi) is 10.3. The number of nitrogens with one attached hydrogen (secondary N) is 1. The third kappa shape index (κ3) is 6.68. The lowest BCUT2D eigenvalue weighted by Gasteiger charge is -2.37. The van der Waals surface area contributed by atoms with Gasteiger partial charge in [0.1, 0.15) is 11.9 Å². The van der Waals surface area contributed by atoms with Crippen molar-refractivity contribution in [3.63, 3.8) is 0 Å². The predicted molar refractivity (Wildman–Crippen MR) is 139 cm³/mol. The van der Waals surface area contributed by atoms with Gasteiger partial charge in [0.25, 0.3) is 0 Å². The Morgan fingerprint density at radius 3 is 2.56 bits per heavy atom. The average molecular weight is 559 g/mol. The molecule has 0 aliphatic carbocycles. The van der Waals surface area contributed by atoms with Gasteiger partial charge in [0.15, 0.2) is 5.96 Å². The molecule has 0 radical (unpaired) electrons. The molecule has 0 saturated carbocycles. The third-order valence-electron chi connectivity index (χ3n) is 6.47. The number of hydrogen-bond acceptors (Lipinski definition) is 6. The molecule has 9 heteroatoms. The molecule has 2 atom stereocenters. The van der Waals surface area contributed by atoms with Crippen LogP contribution in [0.15, 0.2) is 23.3 Å². The largest absolute Gasteiger partial charge is 0.375 e. The van der Waals surface area contributed by atoms with Gasteiger partial charge in [0, 0.05) is 58.6 Å². The number of anilines is 1. The zero-order valence-corrected chi connectivity index (χ0v) is 21.9. The summed E-state index contributed by atoms with van der Waals surface area (Å²) in [5.74, 6) is 2.02. The third-order valence-corrected chi connectivity index (χ3v) is 6.47. The first-order valence-corrected chi connectivity index (χ1v) is 12.0. The summed E-state index contributed by atoms with van der Waals surface area (Å²) in [6.45, 7) is 14.5. The fraction of sp³-hybridized carbons (Fsp3) is 0.739. The van der Waals surface area contributed by atoms with Gasteiger partial charge in [-0.15, -0.1) is 24.0 Å². The van der Waals surface area contributed by atoms with Gasteiger partial charge >= 0.3 is 0 Å². The highest BCUT2D eigenvalue weighted by atomic mass is 127. The van der Waals surface area contributed by atoms with Crippen LogP contribution >= 0.6 is 24.0 Å². The molecule has 0 bridgehead atoms. The van der Waals surface area contributed by atoms with Crippen molar-refractivity contribution in [2.75, 3.05) is 70.5 Å². The summed E-state index contributed by atoms with van der Waals surface area (Å²) >= 11 is 0. The molecule has 4 heterocycles. The number of guanidine groups is 1. The number of nitrogens with zero attached hydrogens (tertiary/aromatic N) is 5. The average Bonchev–Trinajstić information content (AvgIpc) is 3.37. The maximum absolute atomic E-state index is 6.00. The highest BCUT2D eigenvalue weighted by molar-refractivity contribution is 14.0. The first-order valence-electron chi connectivity index (χ1n) is 12.0. The lowest BCUT2D eigenvalue weighted by atomic mass is 10.1. The second-order valence-corrected chi connectivity index (χ2v) is 8.52. The molecular formula is C23H39IN6O2. The number of halogens is 1. The first kappa shape index (κ1) is 25.5. The number of morpholine rings is 1. The van der Waals surface area contributed by atoms with Crippen LogP contribution in [0.1, 0.15) is 32.3 Å². The Morgan fingerprint density at radius 2 is 1.91 bits per heavy atom. The second kappa shape index (κ2) is 12.9. The first-order chi connectivity index (χ1) is 15.3. The molecule has 8 nitrogen and oxygen atoms in total. The normalized spacial score (nSPS) is 25.0. The van der Waals surface area contributed by atoms with E-state index in [1.54, 1.807) is 0 Å². The molecule has 0 amide bonds. The number of ether oxygens (including phenoxy) is 2. The highest BCUT2D eigenvalue weighted by Crippen LogP contribution is 2.21. The van der Waals surface area contributed by atoms with Gasteiger partial charge in [0.2, 0.25) is 0 Å². The Morgan fingerprint density at radius 1 is 1.09 bits per heavy atom. The minimum atomic E-state index is 0. The van der Waals surface area contributed by atoms with Crippen molar-refractivity contribution < 1.29 is 9.47 Å². The molecule has 1 aromatic heterocycles. The van der Waals surface area contributed by atoms with E-state index in [-0.39, 0.29) is 36.2 Å². The Bertz CT molecular complexity index is 705. The molecule has 32 heavy (non-hydrogen) atoms. The maximum atomic E-state index is 6.00. The summed E-state index contributed by atoms with van der Waals surface area (Å²) in [5.41, 5.74) is 1.13. The van der Waals surface area contributed by atoms with Crippen molar-refractivity contribution in [3.05, 3.63) is 23.9 Å². The minimum absolute atomic E-state index is 0. The Labute approximate surface area is 209 Å². The van der Waals surface area contributed by atoms with E-state index in [1.807, 2.05) is 6.20 Å². The SMILES string of the molecule is CCNC(=NCc1ccc(N2CCN(CC)CC2)nc1)N1CCOC(C2CCCO2)C1.I. The minimum Gasteiger partial charge on any atom is -0.375 e. The number of pyridine rings is 1. The molecule has 180 valence electrons. The molecule has 3 fully saturated rings. The van der Waals surface area contributed by atoms with E-state index in [1.165, 1.54) is 0 Å². The van der Waals surface area contributed by atoms with Gasteiger partial charge in [-0.05, 0) is 37.9 Å². The second-order valence-electron chi connectivity index (χ2n) is 8.52. The molecule has 0 spiro atoms. The van der Waals surface area contributed by atoms with Crippen molar-refractivity contribution in [2.24, 2.45) is 4.99 Å². The van der Waals surface area contributed by atoms with Gasteiger partial charge in [-0.2, -0.15) is 0 Å². The van der Waals surface area contributed by atoms with Crippen molar-refractivity contribution in [1.82, 2.24) is 20.1 Å². The van der Waals surface area contributed by atoms with Crippen LogP contribution < -0.4 is 10.2 Å². The van der Waals surface area contributed by atoms with Crippen molar-refractivity contribution in [1.29, 1.82) is 0 Å². The lowest BCUT2D eigenvalue weighted by Crippen LogP contribution is -2.53. The summed E-state index contributed by atoms with van der Waals surface area (Å²) in [6.07, 6.45) is 4.56. The summed E-state index contributed by atoms with van der Waals surface area (Å²) < 4.78 is 11.9. The van der Waals surface area contributed by atoms with Crippen molar-refractivity contribution in [3.8, 4) is 0 Å². The molecule has 1 N–H and O–H groups in total. The van der Waals surface area contributed by atoms with Crippen LogP contribution in [-0.2, 0) is 16.0 Å².